The Labute approximate surface area is 221 Å². The fraction of sp³-hybridized carbons (Fsp3) is 0.560. The van der Waals surface area contributed by atoms with Gasteiger partial charge in [0.1, 0.15) is 18.1 Å². The lowest BCUT2D eigenvalue weighted by molar-refractivity contribution is -0.143. The zero-order valence-electron chi connectivity index (χ0n) is 21.4. The monoisotopic (exact) mass is 538 g/mol. The maximum absolute atomic E-state index is 13.3. The van der Waals surface area contributed by atoms with Crippen molar-refractivity contribution in [2.45, 2.75) is 70.1 Å². The quantitative estimate of drug-likeness (QED) is 0.166. The molecule has 0 bridgehead atoms. The maximum Gasteiger partial charge on any atom is 0.326 e. The van der Waals surface area contributed by atoms with Crippen LogP contribution in [-0.2, 0) is 30.4 Å². The van der Waals surface area contributed by atoms with Crippen LogP contribution in [0.5, 0.6) is 0 Å². The number of nitrogens with one attached hydrogen (secondary N) is 3. The van der Waals surface area contributed by atoms with Gasteiger partial charge in [-0.3, -0.25) is 19.2 Å². The Balaban J connectivity index is 3.07. The highest BCUT2D eigenvalue weighted by Gasteiger charge is 2.30. The number of hydrogen-bond donors (Lipinski definition) is 6. The summed E-state index contributed by atoms with van der Waals surface area (Å²) < 4.78 is 0. The van der Waals surface area contributed by atoms with Crippen molar-refractivity contribution >= 4 is 41.4 Å². The van der Waals surface area contributed by atoms with Crippen molar-refractivity contribution in [2.75, 3.05) is 12.0 Å². The molecule has 0 saturated carbocycles. The van der Waals surface area contributed by atoms with Crippen LogP contribution in [0.25, 0.3) is 0 Å². The fourth-order valence-electron chi connectivity index (χ4n) is 3.53. The van der Waals surface area contributed by atoms with Gasteiger partial charge in [-0.25, -0.2) is 4.79 Å². The molecule has 0 aromatic heterocycles. The molecule has 12 heteroatoms. The second kappa shape index (κ2) is 16.6. The molecule has 0 spiro atoms. The van der Waals surface area contributed by atoms with E-state index in [9.17, 15) is 29.1 Å². The largest absolute Gasteiger partial charge is 0.481 e. The number of rotatable bonds is 17. The molecule has 3 amide bonds. The lowest BCUT2D eigenvalue weighted by Crippen LogP contribution is -2.57. The van der Waals surface area contributed by atoms with E-state index in [2.05, 4.69) is 16.0 Å². The lowest BCUT2D eigenvalue weighted by atomic mass is 10.0. The van der Waals surface area contributed by atoms with Gasteiger partial charge in [0, 0.05) is 12.8 Å². The zero-order chi connectivity index (χ0) is 28.0. The van der Waals surface area contributed by atoms with Crippen molar-refractivity contribution in [1.82, 2.24) is 16.0 Å². The number of carboxylic acids is 2. The van der Waals surface area contributed by atoms with Crippen LogP contribution in [0, 0.1) is 5.92 Å². The molecule has 0 radical (unpaired) electrons. The normalized spacial score (nSPS) is 14.2. The molecule has 0 aliphatic heterocycles. The summed E-state index contributed by atoms with van der Waals surface area (Å²) in [4.78, 5) is 61.3. The molecule has 0 saturated heterocycles. The van der Waals surface area contributed by atoms with Crippen molar-refractivity contribution < 1.29 is 34.2 Å². The van der Waals surface area contributed by atoms with E-state index in [1.54, 1.807) is 24.3 Å². The van der Waals surface area contributed by atoms with Gasteiger partial charge in [0.05, 0.1) is 6.04 Å². The number of aliphatic carboxylic acids is 2. The summed E-state index contributed by atoms with van der Waals surface area (Å²) >= 11 is 1.43. The van der Waals surface area contributed by atoms with Crippen LogP contribution in [0.3, 0.4) is 0 Å². The van der Waals surface area contributed by atoms with E-state index < -0.39 is 60.2 Å². The molecule has 206 valence electrons. The molecule has 11 nitrogen and oxygen atoms in total. The summed E-state index contributed by atoms with van der Waals surface area (Å²) in [5.41, 5.74) is 6.78. The molecule has 1 rings (SSSR count). The number of hydrogen-bond acceptors (Lipinski definition) is 7. The van der Waals surface area contributed by atoms with Crippen LogP contribution in [0.2, 0.25) is 0 Å². The third-order valence-electron chi connectivity index (χ3n) is 5.48. The van der Waals surface area contributed by atoms with Crippen molar-refractivity contribution in [2.24, 2.45) is 11.7 Å². The summed E-state index contributed by atoms with van der Waals surface area (Å²) in [5, 5.41) is 25.9. The SMILES string of the molecule is CSCCC(NC(=O)C(Cc1ccccc1)NC(=O)C(N)CC(C)C)C(=O)NC(CCC(=O)O)C(=O)O. The van der Waals surface area contributed by atoms with Gasteiger partial charge < -0.3 is 31.9 Å². The smallest absolute Gasteiger partial charge is 0.326 e. The lowest BCUT2D eigenvalue weighted by Gasteiger charge is -2.25. The summed E-state index contributed by atoms with van der Waals surface area (Å²) in [7, 11) is 0. The summed E-state index contributed by atoms with van der Waals surface area (Å²) in [6.07, 6.45) is 1.85. The van der Waals surface area contributed by atoms with E-state index >= 15 is 0 Å². The number of thioether (sulfide) groups is 1. The Morgan fingerprint density at radius 2 is 1.43 bits per heavy atom. The standard InChI is InChI=1S/C25H38N4O7S/c1-15(2)13-17(26)22(32)29-20(14-16-7-5-4-6-8-16)24(34)27-18(11-12-37-3)23(33)28-19(25(35)36)9-10-21(30)31/h4-8,15,17-20H,9-14,26H2,1-3H3,(H,27,34)(H,28,33)(H,29,32)(H,30,31)(H,35,36). The predicted molar refractivity (Wildman–Crippen MR) is 141 cm³/mol. The first-order valence-electron chi connectivity index (χ1n) is 12.1. The Bertz CT molecular complexity index is 914. The first-order chi connectivity index (χ1) is 17.4. The number of amides is 3. The minimum absolute atomic E-state index is 0.153. The summed E-state index contributed by atoms with van der Waals surface area (Å²) in [6.45, 7) is 3.86. The van der Waals surface area contributed by atoms with Crippen molar-refractivity contribution in [3.05, 3.63) is 35.9 Å². The van der Waals surface area contributed by atoms with Crippen LogP contribution in [-0.4, -0.2) is 76.0 Å². The van der Waals surface area contributed by atoms with Crippen LogP contribution in [0.15, 0.2) is 30.3 Å². The van der Waals surface area contributed by atoms with E-state index in [4.69, 9.17) is 10.8 Å². The van der Waals surface area contributed by atoms with Crippen molar-refractivity contribution in [3.63, 3.8) is 0 Å². The molecule has 0 fully saturated rings. The second-order valence-corrected chi connectivity index (χ2v) is 10.1. The van der Waals surface area contributed by atoms with Gasteiger partial charge in [-0.15, -0.1) is 0 Å². The number of carboxylic acid groups (broad SMARTS) is 2. The molecular weight excluding hydrogens is 500 g/mol. The molecule has 1 aromatic rings. The molecule has 7 N–H and O–H groups in total. The zero-order valence-corrected chi connectivity index (χ0v) is 22.3. The Kier molecular flexibility index (Phi) is 14.3. The highest BCUT2D eigenvalue weighted by Crippen LogP contribution is 2.09. The van der Waals surface area contributed by atoms with E-state index in [0.717, 1.165) is 5.56 Å². The van der Waals surface area contributed by atoms with Gasteiger partial charge in [-0.05, 0) is 42.8 Å². The van der Waals surface area contributed by atoms with Crippen molar-refractivity contribution in [1.29, 1.82) is 0 Å². The molecule has 4 unspecified atom stereocenters. The maximum atomic E-state index is 13.3. The molecular formula is C25H38N4O7S. The molecule has 0 heterocycles. The van der Waals surface area contributed by atoms with Gasteiger partial charge in [0.2, 0.25) is 17.7 Å². The highest BCUT2D eigenvalue weighted by molar-refractivity contribution is 7.98. The first-order valence-corrected chi connectivity index (χ1v) is 13.5. The van der Waals surface area contributed by atoms with Crippen LogP contribution >= 0.6 is 11.8 Å². The summed E-state index contributed by atoms with van der Waals surface area (Å²) in [5.74, 6) is -3.77. The predicted octanol–water partition coefficient (Wildman–Crippen LogP) is 0.759. The Morgan fingerprint density at radius 3 is 1.97 bits per heavy atom. The number of carbonyl (C=O) groups is 5. The highest BCUT2D eigenvalue weighted by atomic mass is 32.2. The minimum Gasteiger partial charge on any atom is -0.481 e. The van der Waals surface area contributed by atoms with Gasteiger partial charge in [0.15, 0.2) is 0 Å². The average molecular weight is 539 g/mol. The fourth-order valence-corrected chi connectivity index (χ4v) is 4.00. The topological polar surface area (TPSA) is 188 Å². The minimum atomic E-state index is -1.42. The number of nitrogens with two attached hydrogens (primary N) is 1. The molecule has 1 aromatic carbocycles. The number of carbonyl (C=O) groups excluding carboxylic acids is 3. The molecule has 4 atom stereocenters. The third kappa shape index (κ3) is 12.6. The van der Waals surface area contributed by atoms with Crippen LogP contribution < -0.4 is 21.7 Å². The van der Waals surface area contributed by atoms with Gasteiger partial charge in [0.25, 0.3) is 0 Å². The van der Waals surface area contributed by atoms with E-state index in [0.29, 0.717) is 12.2 Å². The number of benzene rings is 1. The summed E-state index contributed by atoms with van der Waals surface area (Å²) in [6, 6.07) is 4.67. The van der Waals surface area contributed by atoms with E-state index in [1.165, 1.54) is 11.8 Å². The Morgan fingerprint density at radius 1 is 0.865 bits per heavy atom. The second-order valence-electron chi connectivity index (χ2n) is 9.16. The average Bonchev–Trinajstić information content (AvgIpc) is 2.83. The van der Waals surface area contributed by atoms with Gasteiger partial charge >= 0.3 is 11.9 Å². The molecule has 0 aliphatic rings. The van der Waals surface area contributed by atoms with E-state index in [1.807, 2.05) is 26.2 Å². The van der Waals surface area contributed by atoms with Crippen LogP contribution in [0.1, 0.15) is 45.1 Å². The Hall–Kier alpha value is -3.12. The van der Waals surface area contributed by atoms with Gasteiger partial charge in [-0.1, -0.05) is 44.2 Å². The van der Waals surface area contributed by atoms with Crippen molar-refractivity contribution in [3.8, 4) is 0 Å². The van der Waals surface area contributed by atoms with Crippen LogP contribution in [0.4, 0.5) is 0 Å². The van der Waals surface area contributed by atoms with Gasteiger partial charge in [-0.2, -0.15) is 11.8 Å². The van der Waals surface area contributed by atoms with E-state index in [-0.39, 0.29) is 25.2 Å². The molecule has 0 aliphatic carbocycles. The molecule has 37 heavy (non-hydrogen) atoms. The third-order valence-corrected chi connectivity index (χ3v) is 6.13. The first kappa shape index (κ1) is 31.9.